The quantitative estimate of drug-likeness (QED) is 0.739. The largest absolute Gasteiger partial charge is 0.477 e. The summed E-state index contributed by atoms with van der Waals surface area (Å²) in [6.07, 6.45) is 4.55. The zero-order valence-electron chi connectivity index (χ0n) is 14.3. The normalized spacial score (nSPS) is 11.9. The average molecular weight is 323 g/mol. The Labute approximate surface area is 136 Å². The summed E-state index contributed by atoms with van der Waals surface area (Å²) in [5.74, 6) is -0.399. The molecule has 0 aliphatic heterocycles. The van der Waals surface area contributed by atoms with Crippen molar-refractivity contribution in [3.63, 3.8) is 0 Å². The second-order valence-electron chi connectivity index (χ2n) is 6.13. The summed E-state index contributed by atoms with van der Waals surface area (Å²) in [7, 11) is 0. The fraction of sp³-hybridized carbons (Fsp3) is 0.562. The average Bonchev–Trinajstić information content (AvgIpc) is 2.86. The molecule has 0 aliphatic rings. The third-order valence-corrected chi connectivity index (χ3v) is 3.07. The van der Waals surface area contributed by atoms with Crippen LogP contribution in [0, 0.1) is 11.3 Å². The summed E-state index contributed by atoms with van der Waals surface area (Å²) in [6, 6.07) is 0. The molecule has 0 spiro atoms. The first-order valence-electron chi connectivity index (χ1n) is 7.55. The van der Waals surface area contributed by atoms with Crippen LogP contribution in [0.4, 0.5) is 0 Å². The molecule has 1 aromatic heterocycles. The number of amides is 1. The minimum Gasteiger partial charge on any atom is -0.477 e. The molecule has 1 aromatic rings. The molecule has 0 saturated carbocycles. The maximum Gasteiger partial charge on any atom is 0.345 e. The number of hydrogen-bond donors (Lipinski definition) is 1. The van der Waals surface area contributed by atoms with Gasteiger partial charge in [-0.1, -0.05) is 19.9 Å². The predicted molar refractivity (Wildman–Crippen MR) is 86.8 cm³/mol. The van der Waals surface area contributed by atoms with Gasteiger partial charge < -0.3 is 15.2 Å². The molecule has 128 valence electrons. The summed E-state index contributed by atoms with van der Waals surface area (Å²) in [5.41, 5.74) is 4.74. The van der Waals surface area contributed by atoms with Gasteiger partial charge in [-0.05, 0) is 26.7 Å². The molecule has 1 rings (SSSR count). The molecule has 7 heteroatoms. The Morgan fingerprint density at radius 2 is 2.09 bits per heavy atom. The molecule has 0 radical (unpaired) electrons. The second kappa shape index (κ2) is 7.80. The van der Waals surface area contributed by atoms with Gasteiger partial charge in [-0.2, -0.15) is 5.10 Å². The molecule has 1 heterocycles. The van der Waals surface area contributed by atoms with E-state index in [0.717, 1.165) is 0 Å². The first kappa shape index (κ1) is 18.7. The van der Waals surface area contributed by atoms with Crippen molar-refractivity contribution in [2.45, 2.75) is 34.6 Å². The molecule has 7 nitrogen and oxygen atoms in total. The molecule has 2 N–H and O–H groups in total. The van der Waals surface area contributed by atoms with Crippen molar-refractivity contribution in [2.24, 2.45) is 17.1 Å². The van der Waals surface area contributed by atoms with Crippen LogP contribution in [0.2, 0.25) is 0 Å². The number of nitrogens with two attached hydrogens (primary N) is 1. The maximum absolute atomic E-state index is 12.0. The Bertz CT molecular complexity index is 588. The third kappa shape index (κ3) is 5.12. The third-order valence-electron chi connectivity index (χ3n) is 3.07. The zero-order chi connectivity index (χ0) is 17.6. The molecule has 0 unspecified atom stereocenters. The lowest BCUT2D eigenvalue weighted by Crippen LogP contribution is -2.29. The standard InChI is InChI=1S/C16H25N3O4/c1-6-22-14(20)12-9-18-19(13(12)23-10-11(2)3)8-7-16(4,5)15(17)21/h7-9,11H,6,10H2,1-5H3,(H2,17,21). The van der Waals surface area contributed by atoms with E-state index in [1.54, 1.807) is 33.0 Å². The highest BCUT2D eigenvalue weighted by Gasteiger charge is 2.23. The van der Waals surface area contributed by atoms with Crippen LogP contribution in [0.1, 0.15) is 45.0 Å². The summed E-state index contributed by atoms with van der Waals surface area (Å²) < 4.78 is 12.1. The van der Waals surface area contributed by atoms with Crippen molar-refractivity contribution in [3.8, 4) is 5.88 Å². The van der Waals surface area contributed by atoms with Crippen molar-refractivity contribution >= 4 is 18.1 Å². The topological polar surface area (TPSA) is 96.4 Å². The molecular weight excluding hydrogens is 298 g/mol. The number of primary amides is 1. The van der Waals surface area contributed by atoms with E-state index in [0.29, 0.717) is 6.61 Å². The number of hydrogen-bond acceptors (Lipinski definition) is 5. The first-order valence-corrected chi connectivity index (χ1v) is 7.55. The lowest BCUT2D eigenvalue weighted by atomic mass is 9.93. The molecule has 0 bridgehead atoms. The summed E-state index contributed by atoms with van der Waals surface area (Å²) >= 11 is 0. The Kier molecular flexibility index (Phi) is 6.36. The number of carbonyl (C=O) groups is 2. The van der Waals surface area contributed by atoms with Gasteiger partial charge in [0, 0.05) is 6.20 Å². The van der Waals surface area contributed by atoms with E-state index in [-0.39, 0.29) is 24.0 Å². The van der Waals surface area contributed by atoms with Gasteiger partial charge in [0.1, 0.15) is 5.56 Å². The zero-order valence-corrected chi connectivity index (χ0v) is 14.3. The van der Waals surface area contributed by atoms with Gasteiger partial charge in [0.15, 0.2) is 0 Å². The van der Waals surface area contributed by atoms with Crippen LogP contribution in [0.5, 0.6) is 5.88 Å². The van der Waals surface area contributed by atoms with Gasteiger partial charge in [0.05, 0.1) is 24.8 Å². The number of aromatic nitrogens is 2. The van der Waals surface area contributed by atoms with Crippen LogP contribution in [0.15, 0.2) is 12.3 Å². The molecule has 0 atom stereocenters. The van der Waals surface area contributed by atoms with E-state index in [2.05, 4.69) is 5.10 Å². The van der Waals surface area contributed by atoms with E-state index < -0.39 is 17.3 Å². The second-order valence-corrected chi connectivity index (χ2v) is 6.13. The molecular formula is C16H25N3O4. The van der Waals surface area contributed by atoms with Crippen molar-refractivity contribution in [2.75, 3.05) is 13.2 Å². The van der Waals surface area contributed by atoms with Crippen LogP contribution >= 0.6 is 0 Å². The minimum atomic E-state index is -0.842. The van der Waals surface area contributed by atoms with E-state index in [1.165, 1.54) is 10.9 Å². The van der Waals surface area contributed by atoms with Gasteiger partial charge in [0.2, 0.25) is 11.8 Å². The van der Waals surface area contributed by atoms with Gasteiger partial charge in [-0.15, -0.1) is 0 Å². The minimum absolute atomic E-state index is 0.244. The summed E-state index contributed by atoms with van der Waals surface area (Å²) in [4.78, 5) is 23.4. The Balaban J connectivity index is 3.13. The maximum atomic E-state index is 12.0. The van der Waals surface area contributed by atoms with E-state index in [4.69, 9.17) is 15.2 Å². The highest BCUT2D eigenvalue weighted by Crippen LogP contribution is 2.23. The van der Waals surface area contributed by atoms with Crippen LogP contribution < -0.4 is 10.5 Å². The number of carbonyl (C=O) groups excluding carboxylic acids is 2. The van der Waals surface area contributed by atoms with Gasteiger partial charge in [-0.3, -0.25) is 4.79 Å². The molecule has 1 amide bonds. The van der Waals surface area contributed by atoms with E-state index in [1.807, 2.05) is 13.8 Å². The predicted octanol–water partition coefficient (Wildman–Crippen LogP) is 2.08. The molecule has 23 heavy (non-hydrogen) atoms. The van der Waals surface area contributed by atoms with Crippen LogP contribution in [-0.2, 0) is 9.53 Å². The van der Waals surface area contributed by atoms with Crippen LogP contribution in [0.3, 0.4) is 0 Å². The molecule has 0 fully saturated rings. The lowest BCUT2D eigenvalue weighted by molar-refractivity contribution is -0.123. The fourth-order valence-corrected chi connectivity index (χ4v) is 1.53. The number of ether oxygens (including phenoxy) is 2. The number of rotatable bonds is 8. The SMILES string of the molecule is CCOC(=O)c1cnn(C=CC(C)(C)C(N)=O)c1OCC(C)C. The van der Waals surface area contributed by atoms with Gasteiger partial charge in [-0.25, -0.2) is 9.48 Å². The highest BCUT2D eigenvalue weighted by atomic mass is 16.5. The molecule has 0 saturated heterocycles. The van der Waals surface area contributed by atoms with Crippen molar-refractivity contribution in [1.82, 2.24) is 9.78 Å². The summed E-state index contributed by atoms with van der Waals surface area (Å²) in [6.45, 7) is 9.79. The van der Waals surface area contributed by atoms with Crippen molar-refractivity contribution in [1.29, 1.82) is 0 Å². The Hall–Kier alpha value is -2.31. The van der Waals surface area contributed by atoms with Gasteiger partial charge >= 0.3 is 5.97 Å². The van der Waals surface area contributed by atoms with Crippen molar-refractivity contribution < 1.29 is 19.1 Å². The Morgan fingerprint density at radius 3 is 2.61 bits per heavy atom. The van der Waals surface area contributed by atoms with Gasteiger partial charge in [0.25, 0.3) is 0 Å². The smallest absolute Gasteiger partial charge is 0.345 e. The number of esters is 1. The fourth-order valence-electron chi connectivity index (χ4n) is 1.53. The molecule has 0 aromatic carbocycles. The Morgan fingerprint density at radius 1 is 1.43 bits per heavy atom. The summed E-state index contributed by atoms with van der Waals surface area (Å²) in [5, 5.41) is 4.11. The number of nitrogens with zero attached hydrogens (tertiary/aromatic N) is 2. The van der Waals surface area contributed by atoms with Crippen LogP contribution in [0.25, 0.3) is 6.20 Å². The lowest BCUT2D eigenvalue weighted by Gasteiger charge is -2.15. The van der Waals surface area contributed by atoms with E-state index in [9.17, 15) is 9.59 Å². The highest BCUT2D eigenvalue weighted by molar-refractivity contribution is 5.92. The first-order chi connectivity index (χ1) is 10.7. The van der Waals surface area contributed by atoms with Crippen molar-refractivity contribution in [3.05, 3.63) is 17.8 Å². The monoisotopic (exact) mass is 323 g/mol. The molecule has 0 aliphatic carbocycles. The van der Waals surface area contributed by atoms with E-state index >= 15 is 0 Å². The van der Waals surface area contributed by atoms with Crippen LogP contribution in [-0.4, -0.2) is 34.9 Å².